The lowest BCUT2D eigenvalue weighted by Crippen LogP contribution is -2.47. The SMILES string of the molecule is CCCC(C)NC(=O)C1CCCN(C(=O)c2cc(F)cc(F)c2)C1. The number of amides is 2. The maximum atomic E-state index is 13.3. The molecule has 1 aliphatic rings. The lowest BCUT2D eigenvalue weighted by Gasteiger charge is -2.32. The van der Waals surface area contributed by atoms with Gasteiger partial charge in [0.25, 0.3) is 5.91 Å². The largest absolute Gasteiger partial charge is 0.353 e. The smallest absolute Gasteiger partial charge is 0.254 e. The second-order valence-electron chi connectivity index (χ2n) is 6.45. The molecule has 0 aromatic heterocycles. The fourth-order valence-corrected chi connectivity index (χ4v) is 3.10. The number of hydrogen-bond donors (Lipinski definition) is 1. The Morgan fingerprint density at radius 1 is 1.29 bits per heavy atom. The van der Waals surface area contributed by atoms with Crippen molar-refractivity contribution in [1.82, 2.24) is 10.2 Å². The summed E-state index contributed by atoms with van der Waals surface area (Å²) in [5.41, 5.74) is -0.0205. The molecule has 4 nitrogen and oxygen atoms in total. The van der Waals surface area contributed by atoms with Crippen molar-refractivity contribution in [2.75, 3.05) is 13.1 Å². The average molecular weight is 338 g/mol. The van der Waals surface area contributed by atoms with Crippen molar-refractivity contribution in [1.29, 1.82) is 0 Å². The Hall–Kier alpha value is -1.98. The summed E-state index contributed by atoms with van der Waals surface area (Å²) in [6.45, 7) is 4.79. The second kappa shape index (κ2) is 8.22. The molecule has 132 valence electrons. The first-order valence-electron chi connectivity index (χ1n) is 8.46. The summed E-state index contributed by atoms with van der Waals surface area (Å²) in [6, 6.07) is 2.89. The van der Waals surface area contributed by atoms with E-state index in [0.29, 0.717) is 19.4 Å². The normalized spacial score (nSPS) is 19.0. The Balaban J connectivity index is 2.01. The predicted molar refractivity (Wildman–Crippen MR) is 87.5 cm³/mol. The van der Waals surface area contributed by atoms with E-state index in [2.05, 4.69) is 12.2 Å². The lowest BCUT2D eigenvalue weighted by atomic mass is 9.96. The van der Waals surface area contributed by atoms with Crippen LogP contribution in [-0.4, -0.2) is 35.8 Å². The molecule has 0 saturated carbocycles. The first kappa shape index (κ1) is 18.4. The van der Waals surface area contributed by atoms with Crippen molar-refractivity contribution < 1.29 is 18.4 Å². The fraction of sp³-hybridized carbons (Fsp3) is 0.556. The molecule has 0 spiro atoms. The molecule has 2 atom stereocenters. The highest BCUT2D eigenvalue weighted by atomic mass is 19.1. The highest BCUT2D eigenvalue weighted by Gasteiger charge is 2.29. The monoisotopic (exact) mass is 338 g/mol. The summed E-state index contributed by atoms with van der Waals surface area (Å²) < 4.78 is 26.6. The summed E-state index contributed by atoms with van der Waals surface area (Å²) in [5.74, 6) is -2.33. The topological polar surface area (TPSA) is 49.4 Å². The highest BCUT2D eigenvalue weighted by molar-refractivity contribution is 5.94. The van der Waals surface area contributed by atoms with Gasteiger partial charge in [-0.25, -0.2) is 8.78 Å². The standard InChI is InChI=1S/C18H24F2N2O2/c1-3-5-12(2)21-17(23)13-6-4-7-22(11-13)18(24)14-8-15(19)10-16(20)9-14/h8-10,12-13H,3-7,11H2,1-2H3,(H,21,23). The van der Waals surface area contributed by atoms with Gasteiger partial charge in [-0.05, 0) is 38.3 Å². The third kappa shape index (κ3) is 4.76. The molecule has 1 fully saturated rings. The van der Waals surface area contributed by atoms with Gasteiger partial charge in [-0.2, -0.15) is 0 Å². The molecule has 1 aliphatic heterocycles. The van der Waals surface area contributed by atoms with Crippen LogP contribution in [0, 0.1) is 17.6 Å². The number of carbonyl (C=O) groups excluding carboxylic acids is 2. The maximum Gasteiger partial charge on any atom is 0.254 e. The zero-order chi connectivity index (χ0) is 17.7. The van der Waals surface area contributed by atoms with Crippen LogP contribution in [0.2, 0.25) is 0 Å². The van der Waals surface area contributed by atoms with Crippen LogP contribution in [0.25, 0.3) is 0 Å². The number of hydrogen-bond acceptors (Lipinski definition) is 2. The minimum Gasteiger partial charge on any atom is -0.353 e. The highest BCUT2D eigenvalue weighted by Crippen LogP contribution is 2.20. The van der Waals surface area contributed by atoms with E-state index in [0.717, 1.165) is 31.0 Å². The van der Waals surface area contributed by atoms with E-state index < -0.39 is 17.5 Å². The van der Waals surface area contributed by atoms with Crippen LogP contribution in [0.1, 0.15) is 49.9 Å². The fourth-order valence-electron chi connectivity index (χ4n) is 3.10. The van der Waals surface area contributed by atoms with Gasteiger partial charge in [0.1, 0.15) is 11.6 Å². The lowest BCUT2D eigenvalue weighted by molar-refractivity contribution is -0.127. The van der Waals surface area contributed by atoms with Crippen LogP contribution in [0.15, 0.2) is 18.2 Å². The Labute approximate surface area is 141 Å². The summed E-state index contributed by atoms with van der Waals surface area (Å²) in [4.78, 5) is 26.3. The molecule has 6 heteroatoms. The number of nitrogens with zero attached hydrogens (tertiary/aromatic N) is 1. The van der Waals surface area contributed by atoms with Crippen LogP contribution in [0.3, 0.4) is 0 Å². The molecule has 0 radical (unpaired) electrons. The van der Waals surface area contributed by atoms with E-state index in [-0.39, 0.29) is 30.0 Å². The van der Waals surface area contributed by atoms with Crippen molar-refractivity contribution in [3.05, 3.63) is 35.4 Å². The summed E-state index contributed by atoms with van der Waals surface area (Å²) in [7, 11) is 0. The second-order valence-corrected chi connectivity index (χ2v) is 6.45. The van der Waals surface area contributed by atoms with Gasteiger partial charge in [0, 0.05) is 30.8 Å². The molecule has 1 saturated heterocycles. The minimum atomic E-state index is -0.780. The van der Waals surface area contributed by atoms with E-state index in [1.807, 2.05) is 6.92 Å². The van der Waals surface area contributed by atoms with Crippen molar-refractivity contribution in [3.63, 3.8) is 0 Å². The molecule has 2 unspecified atom stereocenters. The van der Waals surface area contributed by atoms with Gasteiger partial charge in [-0.15, -0.1) is 0 Å². The maximum absolute atomic E-state index is 13.3. The number of nitrogens with one attached hydrogen (secondary N) is 1. The molecule has 1 heterocycles. The summed E-state index contributed by atoms with van der Waals surface area (Å²) >= 11 is 0. The number of rotatable bonds is 5. The van der Waals surface area contributed by atoms with E-state index >= 15 is 0 Å². The molecule has 2 rings (SSSR count). The van der Waals surface area contributed by atoms with Gasteiger partial charge in [-0.1, -0.05) is 13.3 Å². The number of halogens is 2. The first-order chi connectivity index (χ1) is 11.4. The first-order valence-corrected chi connectivity index (χ1v) is 8.46. The van der Waals surface area contributed by atoms with E-state index in [1.165, 1.54) is 4.90 Å². The van der Waals surface area contributed by atoms with Crippen LogP contribution in [0.5, 0.6) is 0 Å². The molecule has 1 aromatic carbocycles. The van der Waals surface area contributed by atoms with E-state index in [9.17, 15) is 18.4 Å². The molecular formula is C18H24F2N2O2. The van der Waals surface area contributed by atoms with Gasteiger partial charge in [0.15, 0.2) is 0 Å². The summed E-state index contributed by atoms with van der Waals surface area (Å²) in [5, 5.41) is 2.97. The minimum absolute atomic E-state index is 0.0205. The summed E-state index contributed by atoms with van der Waals surface area (Å²) in [6.07, 6.45) is 3.31. The third-order valence-electron chi connectivity index (χ3n) is 4.30. The predicted octanol–water partition coefficient (Wildman–Crippen LogP) is 3.12. The van der Waals surface area contributed by atoms with Gasteiger partial charge in [-0.3, -0.25) is 9.59 Å². The molecule has 0 bridgehead atoms. The van der Waals surface area contributed by atoms with Gasteiger partial charge in [0.05, 0.1) is 5.92 Å². The molecule has 24 heavy (non-hydrogen) atoms. The van der Waals surface area contributed by atoms with Gasteiger partial charge >= 0.3 is 0 Å². The zero-order valence-electron chi connectivity index (χ0n) is 14.1. The quantitative estimate of drug-likeness (QED) is 0.897. The molecule has 0 aliphatic carbocycles. The number of likely N-dealkylation sites (tertiary alicyclic amines) is 1. The zero-order valence-corrected chi connectivity index (χ0v) is 14.1. The van der Waals surface area contributed by atoms with Crippen LogP contribution in [-0.2, 0) is 4.79 Å². The Kier molecular flexibility index (Phi) is 6.29. The number of benzene rings is 1. The molecule has 1 aromatic rings. The van der Waals surface area contributed by atoms with Crippen molar-refractivity contribution >= 4 is 11.8 Å². The molecular weight excluding hydrogens is 314 g/mol. The van der Waals surface area contributed by atoms with Crippen molar-refractivity contribution in [2.24, 2.45) is 5.92 Å². The Bertz CT molecular complexity index is 586. The van der Waals surface area contributed by atoms with Crippen LogP contribution < -0.4 is 5.32 Å². The van der Waals surface area contributed by atoms with Gasteiger partial charge in [0.2, 0.25) is 5.91 Å². The van der Waals surface area contributed by atoms with E-state index in [4.69, 9.17) is 0 Å². The Morgan fingerprint density at radius 2 is 1.96 bits per heavy atom. The van der Waals surface area contributed by atoms with Crippen molar-refractivity contribution in [2.45, 2.75) is 45.6 Å². The third-order valence-corrected chi connectivity index (χ3v) is 4.30. The van der Waals surface area contributed by atoms with Crippen LogP contribution >= 0.6 is 0 Å². The Morgan fingerprint density at radius 3 is 2.58 bits per heavy atom. The average Bonchev–Trinajstić information content (AvgIpc) is 2.53. The van der Waals surface area contributed by atoms with Gasteiger partial charge < -0.3 is 10.2 Å². The number of carbonyl (C=O) groups is 2. The molecule has 1 N–H and O–H groups in total. The van der Waals surface area contributed by atoms with E-state index in [1.54, 1.807) is 0 Å². The molecule has 2 amide bonds. The number of piperidine rings is 1. The van der Waals surface area contributed by atoms with Crippen LogP contribution in [0.4, 0.5) is 8.78 Å². The van der Waals surface area contributed by atoms with Crippen molar-refractivity contribution in [3.8, 4) is 0 Å².